The average molecular weight is 486 g/mol. The monoisotopic (exact) mass is 486 g/mol. The third-order valence-corrected chi connectivity index (χ3v) is 6.03. The zero-order chi connectivity index (χ0) is 24.3. The first-order chi connectivity index (χ1) is 16.2. The summed E-state index contributed by atoms with van der Waals surface area (Å²) in [6.07, 6.45) is -2.45. The summed E-state index contributed by atoms with van der Waals surface area (Å²) in [5, 5.41) is 15.0. The molecule has 0 unspecified atom stereocenters. The zero-order valence-electron chi connectivity index (χ0n) is 17.4. The van der Waals surface area contributed by atoms with Crippen LogP contribution in [0.25, 0.3) is 10.2 Å². The van der Waals surface area contributed by atoms with E-state index < -0.39 is 23.6 Å². The topological polar surface area (TPSA) is 104 Å². The number of nitrogens with zero attached hydrogens (tertiary/aromatic N) is 2. The Morgan fingerprint density at radius 3 is 2.35 bits per heavy atom. The second-order valence-electron chi connectivity index (χ2n) is 7.26. The standard InChI is InChI=1S/C23H17F3N4O3S/c24-23(25,26)15-5-3-14(4-6-15)21(31)30-16-7-1-13(2-8-16)9-10-27-20-19-17(28-12-29-20)11-18(34-19)22(32)33/h1-8,11-12H,9-10H2,(H,30,31)(H,32,33)(H,27,28,29). The maximum atomic E-state index is 12.7. The van der Waals surface area contributed by atoms with Crippen molar-refractivity contribution in [2.75, 3.05) is 17.2 Å². The summed E-state index contributed by atoms with van der Waals surface area (Å²) in [6, 6.07) is 12.6. The third-order valence-electron chi connectivity index (χ3n) is 4.91. The van der Waals surface area contributed by atoms with Gasteiger partial charge in [0.1, 0.15) is 17.0 Å². The summed E-state index contributed by atoms with van der Waals surface area (Å²) in [7, 11) is 0. The van der Waals surface area contributed by atoms with E-state index in [0.29, 0.717) is 34.7 Å². The number of carboxylic acids is 1. The van der Waals surface area contributed by atoms with Gasteiger partial charge in [0.2, 0.25) is 0 Å². The van der Waals surface area contributed by atoms with Gasteiger partial charge in [0.05, 0.1) is 15.8 Å². The molecule has 0 atom stereocenters. The molecule has 0 bridgehead atoms. The van der Waals surface area contributed by atoms with E-state index in [1.54, 1.807) is 12.1 Å². The number of aromatic carboxylic acids is 1. The van der Waals surface area contributed by atoms with Gasteiger partial charge >= 0.3 is 12.1 Å². The van der Waals surface area contributed by atoms with Crippen molar-refractivity contribution in [1.29, 1.82) is 0 Å². The molecule has 0 fully saturated rings. The van der Waals surface area contributed by atoms with Crippen LogP contribution in [0.15, 0.2) is 60.9 Å². The van der Waals surface area contributed by atoms with Crippen LogP contribution in [0.1, 0.15) is 31.2 Å². The van der Waals surface area contributed by atoms with Crippen LogP contribution >= 0.6 is 11.3 Å². The second-order valence-corrected chi connectivity index (χ2v) is 8.31. The van der Waals surface area contributed by atoms with Crippen LogP contribution in [-0.4, -0.2) is 33.5 Å². The number of fused-ring (bicyclic) bond motifs is 1. The fraction of sp³-hybridized carbons (Fsp3) is 0.130. The number of carbonyl (C=O) groups is 2. The van der Waals surface area contributed by atoms with Crippen LogP contribution in [0.2, 0.25) is 0 Å². The molecule has 0 radical (unpaired) electrons. The van der Waals surface area contributed by atoms with E-state index in [0.717, 1.165) is 41.2 Å². The molecular weight excluding hydrogens is 469 g/mol. The molecule has 174 valence electrons. The largest absolute Gasteiger partial charge is 0.477 e. The molecule has 1 amide bonds. The summed E-state index contributed by atoms with van der Waals surface area (Å²) >= 11 is 1.10. The maximum absolute atomic E-state index is 12.7. The molecule has 3 N–H and O–H groups in total. The number of amides is 1. The molecule has 2 aromatic heterocycles. The van der Waals surface area contributed by atoms with Crippen molar-refractivity contribution in [3.8, 4) is 0 Å². The number of rotatable bonds is 7. The van der Waals surface area contributed by atoms with Crippen molar-refractivity contribution in [2.24, 2.45) is 0 Å². The number of alkyl halides is 3. The van der Waals surface area contributed by atoms with Gasteiger partial charge in [-0.05, 0) is 54.4 Å². The summed E-state index contributed by atoms with van der Waals surface area (Å²) in [4.78, 5) is 31.9. The molecule has 2 heterocycles. The number of hydrogen-bond donors (Lipinski definition) is 3. The minimum Gasteiger partial charge on any atom is -0.477 e. The zero-order valence-corrected chi connectivity index (χ0v) is 18.2. The fourth-order valence-electron chi connectivity index (χ4n) is 3.18. The van der Waals surface area contributed by atoms with Crippen molar-refractivity contribution >= 4 is 44.9 Å². The average Bonchev–Trinajstić information content (AvgIpc) is 3.25. The Morgan fingerprint density at radius 2 is 1.71 bits per heavy atom. The minimum atomic E-state index is -4.45. The van der Waals surface area contributed by atoms with Crippen molar-refractivity contribution in [1.82, 2.24) is 9.97 Å². The maximum Gasteiger partial charge on any atom is 0.416 e. The number of aromatic nitrogens is 2. The summed E-state index contributed by atoms with van der Waals surface area (Å²) in [6.45, 7) is 0.531. The quantitative estimate of drug-likeness (QED) is 0.327. The highest BCUT2D eigenvalue weighted by molar-refractivity contribution is 7.21. The van der Waals surface area contributed by atoms with E-state index in [9.17, 15) is 22.8 Å². The normalized spacial score (nSPS) is 11.4. The molecule has 7 nitrogen and oxygen atoms in total. The third kappa shape index (κ3) is 5.31. The number of benzene rings is 2. The fourth-order valence-corrected chi connectivity index (χ4v) is 4.10. The first-order valence-corrected chi connectivity index (χ1v) is 10.8. The predicted molar refractivity (Wildman–Crippen MR) is 122 cm³/mol. The Kier molecular flexibility index (Phi) is 6.46. The first-order valence-electron chi connectivity index (χ1n) is 10.00. The Hall–Kier alpha value is -3.99. The molecule has 0 saturated heterocycles. The second kappa shape index (κ2) is 9.48. The Morgan fingerprint density at radius 1 is 1.00 bits per heavy atom. The van der Waals surface area contributed by atoms with E-state index >= 15 is 0 Å². The molecule has 0 aliphatic rings. The van der Waals surface area contributed by atoms with Crippen molar-refractivity contribution < 1.29 is 27.9 Å². The lowest BCUT2D eigenvalue weighted by Crippen LogP contribution is -2.13. The Labute approximate surface area is 195 Å². The van der Waals surface area contributed by atoms with Crippen LogP contribution in [0, 0.1) is 0 Å². The molecule has 11 heteroatoms. The van der Waals surface area contributed by atoms with E-state index in [4.69, 9.17) is 5.11 Å². The van der Waals surface area contributed by atoms with Gasteiger partial charge in [0, 0.05) is 17.8 Å². The smallest absolute Gasteiger partial charge is 0.416 e. The lowest BCUT2D eigenvalue weighted by molar-refractivity contribution is -0.137. The lowest BCUT2D eigenvalue weighted by Gasteiger charge is -2.09. The molecule has 0 spiro atoms. The van der Waals surface area contributed by atoms with Crippen molar-refractivity contribution in [3.63, 3.8) is 0 Å². The number of carboxylic acid groups (broad SMARTS) is 1. The van der Waals surface area contributed by atoms with E-state index in [-0.39, 0.29) is 10.4 Å². The van der Waals surface area contributed by atoms with Crippen molar-refractivity contribution in [3.05, 3.63) is 82.5 Å². The van der Waals surface area contributed by atoms with Crippen molar-refractivity contribution in [2.45, 2.75) is 12.6 Å². The summed E-state index contributed by atoms with van der Waals surface area (Å²) in [5.41, 5.74) is 1.36. The number of anilines is 2. The van der Waals surface area contributed by atoms with Gasteiger partial charge in [-0.25, -0.2) is 14.8 Å². The van der Waals surface area contributed by atoms with Gasteiger partial charge in [-0.3, -0.25) is 4.79 Å². The molecule has 0 saturated carbocycles. The molecule has 4 aromatic rings. The van der Waals surface area contributed by atoms with Crippen LogP contribution in [-0.2, 0) is 12.6 Å². The van der Waals surface area contributed by atoms with E-state index in [1.165, 1.54) is 12.4 Å². The van der Waals surface area contributed by atoms with Gasteiger partial charge in [0.25, 0.3) is 5.91 Å². The SMILES string of the molecule is O=C(Nc1ccc(CCNc2ncnc3cc(C(=O)O)sc23)cc1)c1ccc(C(F)(F)F)cc1. The molecule has 2 aromatic carbocycles. The van der Waals surface area contributed by atoms with Crippen LogP contribution < -0.4 is 10.6 Å². The van der Waals surface area contributed by atoms with Gasteiger partial charge in [-0.15, -0.1) is 11.3 Å². The van der Waals surface area contributed by atoms with E-state index in [1.807, 2.05) is 12.1 Å². The Balaban J connectivity index is 1.33. The highest BCUT2D eigenvalue weighted by Gasteiger charge is 2.30. The van der Waals surface area contributed by atoms with E-state index in [2.05, 4.69) is 20.6 Å². The summed E-state index contributed by atoms with van der Waals surface area (Å²) < 4.78 is 38.6. The number of thiophene rings is 1. The van der Waals surface area contributed by atoms with Gasteiger partial charge in [-0.2, -0.15) is 13.2 Å². The molecule has 0 aliphatic carbocycles. The number of nitrogens with one attached hydrogen (secondary N) is 2. The first kappa shape index (κ1) is 23.2. The highest BCUT2D eigenvalue weighted by atomic mass is 32.1. The number of hydrogen-bond acceptors (Lipinski definition) is 6. The highest BCUT2D eigenvalue weighted by Crippen LogP contribution is 2.30. The number of halogens is 3. The minimum absolute atomic E-state index is 0.122. The van der Waals surface area contributed by atoms with Gasteiger partial charge < -0.3 is 15.7 Å². The lowest BCUT2D eigenvalue weighted by atomic mass is 10.1. The molecular formula is C23H17F3N4O3S. The van der Waals surface area contributed by atoms with Crippen LogP contribution in [0.5, 0.6) is 0 Å². The van der Waals surface area contributed by atoms with Gasteiger partial charge in [0.15, 0.2) is 0 Å². The molecule has 34 heavy (non-hydrogen) atoms. The van der Waals surface area contributed by atoms with Crippen LogP contribution in [0.4, 0.5) is 24.7 Å². The number of carbonyl (C=O) groups excluding carboxylic acids is 1. The summed E-state index contributed by atoms with van der Waals surface area (Å²) in [5.74, 6) is -0.963. The Bertz CT molecular complexity index is 1340. The van der Waals surface area contributed by atoms with Gasteiger partial charge in [-0.1, -0.05) is 12.1 Å². The predicted octanol–water partition coefficient (Wildman–Crippen LogP) is 5.32. The van der Waals surface area contributed by atoms with Crippen LogP contribution in [0.3, 0.4) is 0 Å². The molecule has 4 rings (SSSR count). The molecule has 0 aliphatic heterocycles.